The molecule has 0 amide bonds. The zero-order valence-electron chi connectivity index (χ0n) is 10.9. The highest BCUT2D eigenvalue weighted by Crippen LogP contribution is 2.29. The van der Waals surface area contributed by atoms with Gasteiger partial charge in [-0.15, -0.1) is 0 Å². The van der Waals surface area contributed by atoms with Crippen LogP contribution >= 0.6 is 0 Å². The van der Waals surface area contributed by atoms with E-state index in [0.29, 0.717) is 11.1 Å². The molecule has 1 nitrogen and oxygen atoms in total. The first-order chi connectivity index (χ1) is 9.86. The zero-order chi connectivity index (χ0) is 15.5. The summed E-state index contributed by atoms with van der Waals surface area (Å²) >= 11 is 0. The Morgan fingerprint density at radius 2 is 1.67 bits per heavy atom. The summed E-state index contributed by atoms with van der Waals surface area (Å²) in [5.41, 5.74) is -0.162. The van der Waals surface area contributed by atoms with E-state index in [9.17, 15) is 21.8 Å². The lowest BCUT2D eigenvalue weighted by molar-refractivity contribution is -0.137. The first-order valence-electron chi connectivity index (χ1n) is 6.11. The second-order valence-corrected chi connectivity index (χ2v) is 5.98. The second-order valence-electron chi connectivity index (χ2n) is 4.52. The molecular weight excluding hydrogens is 304 g/mol. The molecule has 2 aromatic carbocycles. The van der Waals surface area contributed by atoms with Crippen LogP contribution in [0.5, 0.6) is 0 Å². The normalized spacial score (nSPS) is 13.1. The molecule has 0 aliphatic carbocycles. The van der Waals surface area contributed by atoms with Gasteiger partial charge in [0.25, 0.3) is 0 Å². The zero-order valence-corrected chi connectivity index (χ0v) is 11.7. The third-order valence-corrected chi connectivity index (χ3v) is 4.14. The van der Waals surface area contributed by atoms with E-state index >= 15 is 0 Å². The summed E-state index contributed by atoms with van der Waals surface area (Å²) in [5, 5.41) is 0. The smallest absolute Gasteiger partial charge is 0.259 e. The van der Waals surface area contributed by atoms with Crippen LogP contribution in [0.4, 0.5) is 17.6 Å². The Labute approximate surface area is 122 Å². The molecule has 0 heterocycles. The largest absolute Gasteiger partial charge is 0.416 e. The summed E-state index contributed by atoms with van der Waals surface area (Å²) in [6, 6.07) is 10.6. The Balaban J connectivity index is 2.08. The molecular formula is C15H12F4OS. The fraction of sp³-hybridized carbons (Fsp3) is 0.200. The van der Waals surface area contributed by atoms with Crippen molar-refractivity contribution in [3.63, 3.8) is 0 Å². The van der Waals surface area contributed by atoms with Crippen LogP contribution in [0.1, 0.15) is 16.7 Å². The molecule has 0 saturated carbocycles. The van der Waals surface area contributed by atoms with Crippen LogP contribution in [-0.4, -0.2) is 4.21 Å². The standard InChI is InChI=1S/C15H12F4OS/c16-14-7-2-1-5-12(14)10-21(20)9-11-4-3-6-13(8-11)15(17,18)19/h1-8H,9-10H2. The minimum absolute atomic E-state index is 0.0249. The summed E-state index contributed by atoms with van der Waals surface area (Å²) in [7, 11) is -1.47. The Kier molecular flexibility index (Phi) is 4.77. The summed E-state index contributed by atoms with van der Waals surface area (Å²) < 4.78 is 63.1. The van der Waals surface area contributed by atoms with Gasteiger partial charge in [-0.05, 0) is 17.7 Å². The van der Waals surface area contributed by atoms with Crippen LogP contribution in [0.25, 0.3) is 0 Å². The van der Waals surface area contributed by atoms with Crippen molar-refractivity contribution in [3.05, 3.63) is 71.0 Å². The summed E-state index contributed by atoms with van der Waals surface area (Å²) in [5.74, 6) is -0.531. The molecule has 0 spiro atoms. The van der Waals surface area contributed by atoms with Crippen LogP contribution in [-0.2, 0) is 28.5 Å². The molecule has 1 unspecified atom stereocenters. The molecule has 112 valence electrons. The van der Waals surface area contributed by atoms with Gasteiger partial charge in [-0.25, -0.2) is 4.39 Å². The van der Waals surface area contributed by atoms with Gasteiger partial charge in [-0.1, -0.05) is 36.4 Å². The minimum atomic E-state index is -4.43. The van der Waals surface area contributed by atoms with Crippen LogP contribution in [0.3, 0.4) is 0 Å². The van der Waals surface area contributed by atoms with Crippen molar-refractivity contribution in [2.24, 2.45) is 0 Å². The van der Waals surface area contributed by atoms with E-state index in [1.165, 1.54) is 30.3 Å². The molecule has 0 radical (unpaired) electrons. The highest BCUT2D eigenvalue weighted by molar-refractivity contribution is 7.83. The van der Waals surface area contributed by atoms with Gasteiger partial charge < -0.3 is 0 Å². The van der Waals surface area contributed by atoms with E-state index in [1.54, 1.807) is 6.07 Å². The number of hydrogen-bond acceptors (Lipinski definition) is 1. The van der Waals surface area contributed by atoms with E-state index in [1.807, 2.05) is 0 Å². The Hall–Kier alpha value is -1.69. The average Bonchev–Trinajstić information content (AvgIpc) is 2.41. The number of alkyl halides is 3. The highest BCUT2D eigenvalue weighted by atomic mass is 32.2. The maximum Gasteiger partial charge on any atom is 0.416 e. The third-order valence-electron chi connectivity index (χ3n) is 2.86. The van der Waals surface area contributed by atoms with Crippen molar-refractivity contribution in [1.29, 1.82) is 0 Å². The molecule has 0 bridgehead atoms. The van der Waals surface area contributed by atoms with Gasteiger partial charge in [0.15, 0.2) is 0 Å². The fourth-order valence-corrected chi connectivity index (χ4v) is 3.10. The Morgan fingerprint density at radius 3 is 2.33 bits per heavy atom. The van der Waals surface area contributed by atoms with Gasteiger partial charge in [-0.2, -0.15) is 13.2 Å². The minimum Gasteiger partial charge on any atom is -0.259 e. The first-order valence-corrected chi connectivity index (χ1v) is 7.59. The predicted octanol–water partition coefficient (Wildman–Crippen LogP) is 4.29. The van der Waals surface area contributed by atoms with Crippen molar-refractivity contribution in [3.8, 4) is 0 Å². The predicted molar refractivity (Wildman–Crippen MR) is 73.4 cm³/mol. The van der Waals surface area contributed by atoms with Gasteiger partial charge >= 0.3 is 6.18 Å². The molecule has 0 aliphatic rings. The van der Waals surface area contributed by atoms with E-state index in [0.717, 1.165) is 12.1 Å². The maximum absolute atomic E-state index is 13.4. The number of rotatable bonds is 4. The molecule has 21 heavy (non-hydrogen) atoms. The number of benzene rings is 2. The van der Waals surface area contributed by atoms with Crippen LogP contribution < -0.4 is 0 Å². The number of hydrogen-bond donors (Lipinski definition) is 0. The average molecular weight is 316 g/mol. The quantitative estimate of drug-likeness (QED) is 0.769. The van der Waals surface area contributed by atoms with Gasteiger partial charge in [0, 0.05) is 22.1 Å². The molecule has 0 aliphatic heterocycles. The Morgan fingerprint density at radius 1 is 0.952 bits per heavy atom. The van der Waals surface area contributed by atoms with Crippen LogP contribution in [0, 0.1) is 5.82 Å². The maximum atomic E-state index is 13.4. The van der Waals surface area contributed by atoms with Gasteiger partial charge in [0.2, 0.25) is 0 Å². The Bertz CT molecular complexity index is 652. The summed E-state index contributed by atoms with van der Waals surface area (Å²) in [6.45, 7) is 0. The summed E-state index contributed by atoms with van der Waals surface area (Å²) in [6.07, 6.45) is -4.43. The van der Waals surface area contributed by atoms with E-state index in [-0.39, 0.29) is 11.5 Å². The van der Waals surface area contributed by atoms with E-state index < -0.39 is 28.4 Å². The van der Waals surface area contributed by atoms with E-state index in [4.69, 9.17) is 0 Å². The monoisotopic (exact) mass is 316 g/mol. The van der Waals surface area contributed by atoms with Crippen LogP contribution in [0.2, 0.25) is 0 Å². The molecule has 2 rings (SSSR count). The lowest BCUT2D eigenvalue weighted by atomic mass is 10.1. The first kappa shape index (κ1) is 15.7. The highest BCUT2D eigenvalue weighted by Gasteiger charge is 2.30. The van der Waals surface area contributed by atoms with Crippen molar-refractivity contribution < 1.29 is 21.8 Å². The molecule has 2 aromatic rings. The van der Waals surface area contributed by atoms with Gasteiger partial charge in [0.1, 0.15) is 5.82 Å². The van der Waals surface area contributed by atoms with Crippen molar-refractivity contribution in [2.75, 3.05) is 0 Å². The summed E-state index contributed by atoms with van der Waals surface area (Å²) in [4.78, 5) is 0. The molecule has 1 atom stereocenters. The van der Waals surface area contributed by atoms with Crippen molar-refractivity contribution in [2.45, 2.75) is 17.7 Å². The van der Waals surface area contributed by atoms with Crippen molar-refractivity contribution >= 4 is 10.8 Å². The van der Waals surface area contributed by atoms with Crippen molar-refractivity contribution in [1.82, 2.24) is 0 Å². The number of halogens is 4. The van der Waals surface area contributed by atoms with Gasteiger partial charge in [0.05, 0.1) is 11.3 Å². The third kappa shape index (κ3) is 4.39. The SMILES string of the molecule is O=S(Cc1cccc(C(F)(F)F)c1)Cc1ccccc1F. The molecule has 0 fully saturated rings. The lowest BCUT2D eigenvalue weighted by Crippen LogP contribution is -2.06. The molecule has 0 N–H and O–H groups in total. The molecule has 0 aromatic heterocycles. The lowest BCUT2D eigenvalue weighted by Gasteiger charge is -2.09. The molecule has 0 saturated heterocycles. The molecule has 6 heteroatoms. The second kappa shape index (κ2) is 6.39. The van der Waals surface area contributed by atoms with E-state index in [2.05, 4.69) is 0 Å². The van der Waals surface area contributed by atoms with Gasteiger partial charge in [-0.3, -0.25) is 4.21 Å². The van der Waals surface area contributed by atoms with Crippen LogP contribution in [0.15, 0.2) is 48.5 Å². The topological polar surface area (TPSA) is 17.1 Å². The fourth-order valence-electron chi connectivity index (χ4n) is 1.86.